The molecule has 1 unspecified atom stereocenters. The predicted octanol–water partition coefficient (Wildman–Crippen LogP) is 13.6. The van der Waals surface area contributed by atoms with Crippen LogP contribution in [0.15, 0.2) is 35.5 Å². The van der Waals surface area contributed by atoms with Gasteiger partial charge in [0.25, 0.3) is 0 Å². The van der Waals surface area contributed by atoms with Gasteiger partial charge in [-0.05, 0) is 135 Å². The molecule has 55 heavy (non-hydrogen) atoms. The van der Waals surface area contributed by atoms with Crippen molar-refractivity contribution in [3.05, 3.63) is 35.5 Å². The number of hydrogen-bond donors (Lipinski definition) is 1. The highest BCUT2D eigenvalue weighted by Crippen LogP contribution is 2.60. The normalized spacial score (nSPS) is 26.9. The van der Waals surface area contributed by atoms with Gasteiger partial charge in [0.05, 0.1) is 12.5 Å². The molecule has 3 aliphatic carbocycles. The molecule has 3 fully saturated rings. The monoisotopic (exact) mass is 800 g/mol. The molecule has 1 amide bonds. The summed E-state index contributed by atoms with van der Waals surface area (Å²) in [5.74, 6) is 0.753. The van der Waals surface area contributed by atoms with E-state index in [-0.39, 0.29) is 41.8 Å². The minimum atomic E-state index is -2.19. The van der Waals surface area contributed by atoms with Gasteiger partial charge >= 0.3 is 0 Å². The van der Waals surface area contributed by atoms with Gasteiger partial charge in [0.1, 0.15) is 0 Å². The number of aliphatic hydroxyl groups is 1. The van der Waals surface area contributed by atoms with E-state index in [0.717, 1.165) is 51.4 Å². The highest BCUT2D eigenvalue weighted by Gasteiger charge is 2.54. The largest absolute Gasteiger partial charge is 0.416 e. The molecule has 0 radical (unpaired) electrons. The Balaban J connectivity index is 1.97. The molecular formula is C48H89NO4Si2. The van der Waals surface area contributed by atoms with Gasteiger partial charge in [-0.25, -0.2) is 0 Å². The van der Waals surface area contributed by atoms with Gasteiger partial charge in [-0.1, -0.05) is 120 Å². The first kappa shape index (κ1) is 48.4. The van der Waals surface area contributed by atoms with Crippen molar-refractivity contribution in [2.24, 2.45) is 23.2 Å². The van der Waals surface area contributed by atoms with E-state index in [0.29, 0.717) is 51.7 Å². The van der Waals surface area contributed by atoms with Crippen molar-refractivity contribution < 1.29 is 18.8 Å². The molecule has 318 valence electrons. The van der Waals surface area contributed by atoms with Crippen LogP contribution in [0.3, 0.4) is 0 Å². The smallest absolute Gasteiger partial charge is 0.225 e. The molecular weight excluding hydrogens is 711 g/mol. The fourth-order valence-corrected chi connectivity index (χ4v) is 24.1. The standard InChI is InChI=1S/C48H89NO4Si2/c1-31(2)49(32(3)4)47(51)29-46(50)43(30-52-54(33(5)6,34(7)8)35(9)10)45-26-25-44-40(20-19-27-48(44,45)18)22-23-41-28-42(24-21-39(41)17)53-55(36(11)12,37(13)14)38(15)16/h22-23,31-38,42-46,50H,17,19-21,24-30H2,1-16,18H3/b40-22?,41-23+/t42-,43-,44-,45+,46?,48-/m0/s1. The summed E-state index contributed by atoms with van der Waals surface area (Å²) in [6.45, 7) is 44.3. The van der Waals surface area contributed by atoms with Crippen molar-refractivity contribution in [3.63, 3.8) is 0 Å². The fourth-order valence-electron chi connectivity index (χ4n) is 13.0. The average Bonchev–Trinajstić information content (AvgIpc) is 3.41. The molecule has 0 bridgehead atoms. The summed E-state index contributed by atoms with van der Waals surface area (Å²) in [6, 6.07) is 0.191. The van der Waals surface area contributed by atoms with Gasteiger partial charge in [0.15, 0.2) is 8.32 Å². The van der Waals surface area contributed by atoms with Crippen molar-refractivity contribution in [2.75, 3.05) is 6.61 Å². The second-order valence-corrected chi connectivity index (χ2v) is 31.9. The highest BCUT2D eigenvalue weighted by atomic mass is 28.4. The third-order valence-corrected chi connectivity index (χ3v) is 27.5. The zero-order chi connectivity index (χ0) is 41.8. The molecule has 0 saturated heterocycles. The van der Waals surface area contributed by atoms with Gasteiger partial charge in [0.2, 0.25) is 14.2 Å². The van der Waals surface area contributed by atoms with Crippen LogP contribution in [0.4, 0.5) is 0 Å². The van der Waals surface area contributed by atoms with Crippen molar-refractivity contribution in [1.82, 2.24) is 4.90 Å². The fraction of sp³-hybridized carbons (Fsp3) is 0.854. The number of allylic oxidation sites excluding steroid dienone is 4. The quantitative estimate of drug-likeness (QED) is 0.140. The molecule has 0 heterocycles. The summed E-state index contributed by atoms with van der Waals surface area (Å²) >= 11 is 0. The van der Waals surface area contributed by atoms with E-state index < -0.39 is 22.7 Å². The number of carbonyl (C=O) groups is 1. The third kappa shape index (κ3) is 10.2. The molecule has 3 rings (SSSR count). The Labute approximate surface area is 343 Å². The van der Waals surface area contributed by atoms with Crippen LogP contribution in [0.25, 0.3) is 0 Å². The molecule has 3 saturated carbocycles. The topological polar surface area (TPSA) is 59.0 Å². The summed E-state index contributed by atoms with van der Waals surface area (Å²) < 4.78 is 14.7. The first-order valence-electron chi connectivity index (χ1n) is 22.9. The van der Waals surface area contributed by atoms with E-state index >= 15 is 0 Å². The Hall–Kier alpha value is -0.996. The van der Waals surface area contributed by atoms with Crippen LogP contribution in [0.5, 0.6) is 0 Å². The minimum Gasteiger partial charge on any atom is -0.416 e. The number of rotatable bonds is 18. The van der Waals surface area contributed by atoms with Crippen LogP contribution in [0.1, 0.15) is 175 Å². The van der Waals surface area contributed by atoms with Crippen molar-refractivity contribution >= 4 is 22.5 Å². The van der Waals surface area contributed by atoms with Gasteiger partial charge in [-0.15, -0.1) is 0 Å². The van der Waals surface area contributed by atoms with Gasteiger partial charge in [0, 0.05) is 30.7 Å². The second-order valence-electron chi connectivity index (χ2n) is 21.0. The molecule has 3 aliphatic rings. The number of fused-ring (bicyclic) bond motifs is 1. The Morgan fingerprint density at radius 1 is 0.800 bits per heavy atom. The lowest BCUT2D eigenvalue weighted by Gasteiger charge is -2.48. The van der Waals surface area contributed by atoms with E-state index in [2.05, 4.69) is 136 Å². The lowest BCUT2D eigenvalue weighted by molar-refractivity contribution is -0.138. The third-order valence-electron chi connectivity index (χ3n) is 15.3. The maximum absolute atomic E-state index is 13.9. The molecule has 0 aromatic carbocycles. The summed E-state index contributed by atoms with van der Waals surface area (Å²) in [7, 11) is -4.15. The highest BCUT2D eigenvalue weighted by molar-refractivity contribution is 6.78. The summed E-state index contributed by atoms with van der Waals surface area (Å²) in [5, 5.41) is 12.3. The van der Waals surface area contributed by atoms with Crippen molar-refractivity contribution in [1.29, 1.82) is 0 Å². The Morgan fingerprint density at radius 2 is 1.33 bits per heavy atom. The summed E-state index contributed by atoms with van der Waals surface area (Å²) in [5.41, 5.74) is 7.42. The Bertz CT molecular complexity index is 1280. The zero-order valence-corrected chi connectivity index (χ0v) is 41.1. The molecule has 0 aromatic heterocycles. The lowest BCUT2D eigenvalue weighted by atomic mass is 9.60. The van der Waals surface area contributed by atoms with Gasteiger partial charge < -0.3 is 18.9 Å². The molecule has 0 spiro atoms. The lowest BCUT2D eigenvalue weighted by Crippen LogP contribution is -2.51. The molecule has 0 aromatic rings. The van der Waals surface area contributed by atoms with E-state index in [9.17, 15) is 9.90 Å². The van der Waals surface area contributed by atoms with E-state index in [1.54, 1.807) is 5.57 Å². The first-order valence-corrected chi connectivity index (χ1v) is 27.1. The van der Waals surface area contributed by atoms with Gasteiger partial charge in [-0.3, -0.25) is 4.79 Å². The predicted molar refractivity (Wildman–Crippen MR) is 241 cm³/mol. The maximum atomic E-state index is 13.9. The van der Waals surface area contributed by atoms with Crippen LogP contribution in [-0.2, 0) is 13.6 Å². The zero-order valence-electron chi connectivity index (χ0n) is 39.1. The van der Waals surface area contributed by atoms with E-state index in [1.807, 2.05) is 4.90 Å². The number of carbonyl (C=O) groups excluding carboxylic acids is 1. The Morgan fingerprint density at radius 3 is 1.82 bits per heavy atom. The number of nitrogens with zero attached hydrogens (tertiary/aromatic N) is 1. The Kier molecular flexibility index (Phi) is 17.4. The molecule has 6 atom stereocenters. The summed E-state index contributed by atoms with van der Waals surface area (Å²) in [4.78, 5) is 15.8. The van der Waals surface area contributed by atoms with Crippen LogP contribution in [0, 0.1) is 23.2 Å². The molecule has 7 heteroatoms. The minimum absolute atomic E-state index is 0.0559. The maximum Gasteiger partial charge on any atom is 0.225 e. The van der Waals surface area contributed by atoms with Crippen LogP contribution < -0.4 is 0 Å². The van der Waals surface area contributed by atoms with Gasteiger partial charge in [-0.2, -0.15) is 0 Å². The summed E-state index contributed by atoms with van der Waals surface area (Å²) in [6.07, 6.45) is 13.3. The molecule has 0 aliphatic heterocycles. The van der Waals surface area contributed by atoms with Crippen LogP contribution in [-0.4, -0.2) is 63.4 Å². The van der Waals surface area contributed by atoms with E-state index in [1.165, 1.54) is 11.1 Å². The number of hydrogen-bond acceptors (Lipinski definition) is 4. The average molecular weight is 800 g/mol. The van der Waals surface area contributed by atoms with Crippen molar-refractivity contribution in [2.45, 2.75) is 233 Å². The van der Waals surface area contributed by atoms with Crippen LogP contribution in [0.2, 0.25) is 33.2 Å². The number of aliphatic hydroxyl groups excluding tert-OH is 1. The molecule has 5 nitrogen and oxygen atoms in total. The van der Waals surface area contributed by atoms with E-state index in [4.69, 9.17) is 8.85 Å². The van der Waals surface area contributed by atoms with Crippen LogP contribution >= 0.6 is 0 Å². The molecule has 1 N–H and O–H groups in total. The second kappa shape index (κ2) is 19.8. The SMILES string of the molecule is C=C1CC[C@H](O[Si](C(C)C)(C(C)C)C(C)C)C/C1=C\C=C1CCC[C@]2(C)[C@@H]([C@H](CO[Si](C(C)C)(C(C)C)C(C)C)C(O)CC(=O)N(C(C)C)C(C)C)CC[C@@H]12. The number of amides is 1. The van der Waals surface area contributed by atoms with Crippen molar-refractivity contribution in [3.8, 4) is 0 Å². The first-order chi connectivity index (χ1) is 25.5.